The highest BCUT2D eigenvalue weighted by molar-refractivity contribution is 8.00. The molecule has 0 spiro atoms. The molecular weight excluding hydrogens is 374 g/mol. The molecule has 2 rings (SSSR count). The van der Waals surface area contributed by atoms with Gasteiger partial charge in [-0.2, -0.15) is 16.1 Å². The van der Waals surface area contributed by atoms with Crippen molar-refractivity contribution >= 4 is 21.8 Å². The summed E-state index contributed by atoms with van der Waals surface area (Å²) >= 11 is 1.84. The van der Waals surface area contributed by atoms with Crippen molar-refractivity contribution in [2.24, 2.45) is 0 Å². The van der Waals surface area contributed by atoms with Crippen LogP contribution >= 0.6 is 11.8 Å². The Kier molecular flexibility index (Phi) is 8.14. The zero-order valence-electron chi connectivity index (χ0n) is 16.5. The number of sulfonamides is 1. The van der Waals surface area contributed by atoms with Crippen molar-refractivity contribution in [1.29, 1.82) is 0 Å². The maximum atomic E-state index is 13.3. The second-order valence-corrected chi connectivity index (χ2v) is 10.4. The molecule has 27 heavy (non-hydrogen) atoms. The summed E-state index contributed by atoms with van der Waals surface area (Å²) in [6, 6.07) is 16.6. The molecule has 0 aliphatic carbocycles. The van der Waals surface area contributed by atoms with E-state index in [1.165, 1.54) is 0 Å². The third-order valence-electron chi connectivity index (χ3n) is 4.20. The first-order valence-electron chi connectivity index (χ1n) is 9.21. The van der Waals surface area contributed by atoms with Gasteiger partial charge in [0.15, 0.2) is 0 Å². The number of thioether (sulfide) groups is 1. The molecule has 0 N–H and O–H groups in total. The van der Waals surface area contributed by atoms with E-state index in [-0.39, 0.29) is 6.04 Å². The zero-order chi connectivity index (χ0) is 19.9. The quantitative estimate of drug-likeness (QED) is 0.535. The van der Waals surface area contributed by atoms with Crippen molar-refractivity contribution in [2.45, 2.75) is 50.4 Å². The van der Waals surface area contributed by atoms with Gasteiger partial charge in [-0.1, -0.05) is 74.0 Å². The van der Waals surface area contributed by atoms with Gasteiger partial charge in [0.2, 0.25) is 10.0 Å². The number of aryl methyl sites for hydroxylation is 1. The monoisotopic (exact) mass is 403 g/mol. The molecule has 3 nitrogen and oxygen atoms in total. The van der Waals surface area contributed by atoms with E-state index in [4.69, 9.17) is 0 Å². The van der Waals surface area contributed by atoms with E-state index in [0.29, 0.717) is 16.7 Å². The van der Waals surface area contributed by atoms with Crippen molar-refractivity contribution in [3.8, 4) is 0 Å². The van der Waals surface area contributed by atoms with Gasteiger partial charge >= 0.3 is 0 Å². The highest BCUT2D eigenvalue weighted by Gasteiger charge is 2.28. The minimum atomic E-state index is -3.59. The van der Waals surface area contributed by atoms with Gasteiger partial charge < -0.3 is 0 Å². The molecule has 0 radical (unpaired) electrons. The Morgan fingerprint density at radius 3 is 2.22 bits per heavy atom. The van der Waals surface area contributed by atoms with E-state index in [0.717, 1.165) is 16.9 Å². The molecule has 0 fully saturated rings. The summed E-state index contributed by atoms with van der Waals surface area (Å²) in [5, 5.41) is 0.557. The van der Waals surface area contributed by atoms with Crippen LogP contribution in [-0.2, 0) is 16.6 Å². The SMILES string of the molecule is Cc1ccc(S(=O)(=O)N(Cc2ccccc2)[C@@H](C)/C=C/CSC(C)C)cc1. The minimum Gasteiger partial charge on any atom is -0.207 e. The summed E-state index contributed by atoms with van der Waals surface area (Å²) in [5.41, 5.74) is 2.02. The molecule has 0 unspecified atom stereocenters. The first-order chi connectivity index (χ1) is 12.8. The molecular formula is C22H29NO2S2. The van der Waals surface area contributed by atoms with E-state index >= 15 is 0 Å². The smallest absolute Gasteiger partial charge is 0.207 e. The average Bonchev–Trinajstić information content (AvgIpc) is 2.64. The second kappa shape index (κ2) is 10.1. The molecule has 0 heterocycles. The van der Waals surface area contributed by atoms with Crippen molar-refractivity contribution in [2.75, 3.05) is 5.75 Å². The van der Waals surface area contributed by atoms with Gasteiger partial charge in [-0.15, -0.1) is 0 Å². The molecule has 0 aliphatic heterocycles. The van der Waals surface area contributed by atoms with Gasteiger partial charge in [0.1, 0.15) is 0 Å². The van der Waals surface area contributed by atoms with Crippen molar-refractivity contribution in [3.05, 3.63) is 77.9 Å². The van der Waals surface area contributed by atoms with Crippen molar-refractivity contribution in [1.82, 2.24) is 4.31 Å². The number of hydrogen-bond acceptors (Lipinski definition) is 3. The van der Waals surface area contributed by atoms with Crippen LogP contribution in [0.3, 0.4) is 0 Å². The van der Waals surface area contributed by atoms with Crippen molar-refractivity contribution < 1.29 is 8.42 Å². The van der Waals surface area contributed by atoms with Gasteiger partial charge in [-0.05, 0) is 36.8 Å². The lowest BCUT2D eigenvalue weighted by Gasteiger charge is -2.27. The molecule has 5 heteroatoms. The second-order valence-electron chi connectivity index (χ2n) is 6.90. The third kappa shape index (κ3) is 6.52. The summed E-state index contributed by atoms with van der Waals surface area (Å²) in [6.07, 6.45) is 4.06. The van der Waals surface area contributed by atoms with E-state index in [1.807, 2.05) is 74.1 Å². The Morgan fingerprint density at radius 1 is 1.00 bits per heavy atom. The summed E-state index contributed by atoms with van der Waals surface area (Å²) < 4.78 is 28.2. The van der Waals surface area contributed by atoms with Crippen LogP contribution in [0.1, 0.15) is 31.9 Å². The van der Waals surface area contributed by atoms with E-state index in [1.54, 1.807) is 16.4 Å². The highest BCUT2D eigenvalue weighted by Crippen LogP contribution is 2.22. The number of nitrogens with zero attached hydrogens (tertiary/aromatic N) is 1. The first kappa shape index (κ1) is 21.7. The van der Waals surface area contributed by atoms with Gasteiger partial charge in [0.25, 0.3) is 0 Å². The average molecular weight is 404 g/mol. The number of benzene rings is 2. The molecule has 2 aromatic carbocycles. The first-order valence-corrected chi connectivity index (χ1v) is 11.7. The Bertz CT molecular complexity index is 828. The van der Waals surface area contributed by atoms with Crippen LogP contribution in [0.15, 0.2) is 71.6 Å². The van der Waals surface area contributed by atoms with Gasteiger partial charge in [0, 0.05) is 18.3 Å². The van der Waals surface area contributed by atoms with Crippen LogP contribution in [0.5, 0.6) is 0 Å². The van der Waals surface area contributed by atoms with Crippen LogP contribution in [0.2, 0.25) is 0 Å². The molecule has 2 aromatic rings. The summed E-state index contributed by atoms with van der Waals surface area (Å²) in [4.78, 5) is 0.334. The molecule has 0 aliphatic rings. The number of rotatable bonds is 9. The lowest BCUT2D eigenvalue weighted by Crippen LogP contribution is -2.37. The Hall–Kier alpha value is -1.56. The fourth-order valence-electron chi connectivity index (χ4n) is 2.65. The predicted molar refractivity (Wildman–Crippen MR) is 117 cm³/mol. The normalized spacial score (nSPS) is 13.6. The lowest BCUT2D eigenvalue weighted by molar-refractivity contribution is 0.371. The van der Waals surface area contributed by atoms with Crippen LogP contribution in [0.25, 0.3) is 0 Å². The fraction of sp³-hybridized carbons (Fsp3) is 0.364. The number of hydrogen-bond donors (Lipinski definition) is 0. The lowest BCUT2D eigenvalue weighted by atomic mass is 10.2. The maximum Gasteiger partial charge on any atom is 0.243 e. The van der Waals surface area contributed by atoms with E-state index < -0.39 is 10.0 Å². The van der Waals surface area contributed by atoms with Gasteiger partial charge in [-0.3, -0.25) is 0 Å². The summed E-state index contributed by atoms with van der Waals surface area (Å²) in [7, 11) is -3.59. The van der Waals surface area contributed by atoms with Crippen LogP contribution in [-0.4, -0.2) is 29.8 Å². The van der Waals surface area contributed by atoms with Gasteiger partial charge in [-0.25, -0.2) is 8.42 Å². The topological polar surface area (TPSA) is 37.4 Å². The maximum absolute atomic E-state index is 13.3. The predicted octanol–water partition coefficient (Wildman–Crippen LogP) is 5.27. The Labute approximate surface area is 168 Å². The standard InChI is InChI=1S/C22H29NO2S2/c1-18(2)26-16-8-9-20(4)23(17-21-10-6-5-7-11-21)27(24,25)22-14-12-19(3)13-15-22/h5-15,18,20H,16-17H2,1-4H3/b9-8+/t20-/m0/s1. The highest BCUT2D eigenvalue weighted by atomic mass is 32.2. The summed E-state index contributed by atoms with van der Waals surface area (Å²) in [6.45, 7) is 8.55. The Morgan fingerprint density at radius 2 is 1.63 bits per heavy atom. The van der Waals surface area contributed by atoms with Gasteiger partial charge in [0.05, 0.1) is 4.90 Å². The van der Waals surface area contributed by atoms with Crippen LogP contribution in [0.4, 0.5) is 0 Å². The molecule has 0 amide bonds. The van der Waals surface area contributed by atoms with Crippen LogP contribution in [0, 0.1) is 6.92 Å². The summed E-state index contributed by atoms with van der Waals surface area (Å²) in [5.74, 6) is 0.881. The Balaban J connectivity index is 2.29. The third-order valence-corrected chi connectivity index (χ3v) is 7.20. The van der Waals surface area contributed by atoms with Crippen molar-refractivity contribution in [3.63, 3.8) is 0 Å². The molecule has 146 valence electrons. The molecule has 0 bridgehead atoms. The fourth-order valence-corrected chi connectivity index (χ4v) is 4.84. The molecule has 0 aromatic heterocycles. The molecule has 1 atom stereocenters. The minimum absolute atomic E-state index is 0.232. The van der Waals surface area contributed by atoms with E-state index in [2.05, 4.69) is 19.9 Å². The zero-order valence-corrected chi connectivity index (χ0v) is 18.1. The van der Waals surface area contributed by atoms with Crippen LogP contribution < -0.4 is 0 Å². The van der Waals surface area contributed by atoms with E-state index in [9.17, 15) is 8.42 Å². The molecule has 0 saturated heterocycles. The molecule has 0 saturated carbocycles. The largest absolute Gasteiger partial charge is 0.243 e.